The van der Waals surface area contributed by atoms with Crippen molar-refractivity contribution in [2.45, 2.75) is 44.4 Å². The number of nitrogens with one attached hydrogen (secondary N) is 1. The maximum absolute atomic E-state index is 13.2. The molecule has 1 aliphatic rings. The first kappa shape index (κ1) is 23.1. The number of hydrogen-bond acceptors (Lipinski definition) is 5. The van der Waals surface area contributed by atoms with E-state index in [2.05, 4.69) is 5.32 Å². The Labute approximate surface area is 184 Å². The molecule has 168 valence electrons. The van der Waals surface area contributed by atoms with Gasteiger partial charge in [0.15, 0.2) is 18.1 Å². The highest BCUT2D eigenvalue weighted by atomic mass is 32.2. The van der Waals surface area contributed by atoms with Crippen LogP contribution in [0.4, 0.5) is 5.69 Å². The molecule has 0 radical (unpaired) electrons. The number of benzene rings is 2. The molecule has 1 amide bonds. The van der Waals surface area contributed by atoms with Gasteiger partial charge >= 0.3 is 0 Å². The lowest BCUT2D eigenvalue weighted by Crippen LogP contribution is -2.32. The predicted octanol–water partition coefficient (Wildman–Crippen LogP) is 3.98. The SMILES string of the molecule is CCOc1ccccc1OCC(=O)Nc1ccc(C)c(S(=O)(=O)N2CCCCCC2)c1. The van der Waals surface area contributed by atoms with Gasteiger partial charge in [0.05, 0.1) is 11.5 Å². The number of rotatable bonds is 8. The number of aryl methyl sites for hydroxylation is 1. The average molecular weight is 447 g/mol. The summed E-state index contributed by atoms with van der Waals surface area (Å²) in [7, 11) is -3.61. The standard InChI is InChI=1S/C23H30N2O5S/c1-3-29-20-10-6-7-11-21(20)30-17-23(26)24-19-13-12-18(2)22(16-19)31(27,28)25-14-8-4-5-9-15-25/h6-7,10-13,16H,3-5,8-9,14-15,17H2,1-2H3,(H,24,26). The molecule has 1 heterocycles. The Morgan fingerprint density at radius 1 is 1.00 bits per heavy atom. The Morgan fingerprint density at radius 2 is 1.65 bits per heavy atom. The summed E-state index contributed by atoms with van der Waals surface area (Å²) in [5.74, 6) is 0.667. The van der Waals surface area contributed by atoms with E-state index in [9.17, 15) is 13.2 Å². The minimum absolute atomic E-state index is 0.216. The molecular weight excluding hydrogens is 416 g/mol. The number of hydrogen-bond donors (Lipinski definition) is 1. The molecule has 0 unspecified atom stereocenters. The van der Waals surface area contributed by atoms with Crippen LogP contribution in [-0.4, -0.2) is 44.9 Å². The minimum Gasteiger partial charge on any atom is -0.490 e. The van der Waals surface area contributed by atoms with E-state index in [0.29, 0.717) is 42.4 Å². The maximum atomic E-state index is 13.2. The fourth-order valence-electron chi connectivity index (χ4n) is 3.56. The fourth-order valence-corrected chi connectivity index (χ4v) is 5.33. The molecule has 3 rings (SSSR count). The normalized spacial score (nSPS) is 15.2. The van der Waals surface area contributed by atoms with Crippen molar-refractivity contribution in [3.05, 3.63) is 48.0 Å². The zero-order chi connectivity index (χ0) is 22.3. The van der Waals surface area contributed by atoms with Crippen LogP contribution in [0, 0.1) is 6.92 Å². The summed E-state index contributed by atoms with van der Waals surface area (Å²) in [5.41, 5.74) is 1.08. The molecule has 31 heavy (non-hydrogen) atoms. The number of amides is 1. The summed E-state index contributed by atoms with van der Waals surface area (Å²) < 4.78 is 39.0. The summed E-state index contributed by atoms with van der Waals surface area (Å²) in [6.45, 7) is 4.98. The van der Waals surface area contributed by atoms with Crippen LogP contribution in [0.2, 0.25) is 0 Å². The van der Waals surface area contributed by atoms with Crippen LogP contribution in [0.25, 0.3) is 0 Å². The van der Waals surface area contributed by atoms with Crippen molar-refractivity contribution >= 4 is 21.6 Å². The molecule has 1 fully saturated rings. The third-order valence-corrected chi connectivity index (χ3v) is 7.20. The molecule has 0 aromatic heterocycles. The first-order valence-corrected chi connectivity index (χ1v) is 12.1. The second-order valence-electron chi connectivity index (χ2n) is 7.52. The van der Waals surface area contributed by atoms with Gasteiger partial charge in [-0.15, -0.1) is 0 Å². The van der Waals surface area contributed by atoms with Gasteiger partial charge in [0.2, 0.25) is 10.0 Å². The molecule has 2 aromatic carbocycles. The predicted molar refractivity (Wildman–Crippen MR) is 120 cm³/mol. The fraction of sp³-hybridized carbons (Fsp3) is 0.435. The first-order chi connectivity index (χ1) is 14.9. The van der Waals surface area contributed by atoms with Crippen LogP contribution < -0.4 is 14.8 Å². The Hall–Kier alpha value is -2.58. The van der Waals surface area contributed by atoms with E-state index in [1.807, 2.05) is 13.0 Å². The lowest BCUT2D eigenvalue weighted by atomic mass is 10.2. The maximum Gasteiger partial charge on any atom is 0.262 e. The molecule has 0 atom stereocenters. The quantitative estimate of drug-likeness (QED) is 0.663. The Kier molecular flexibility index (Phi) is 7.92. The largest absolute Gasteiger partial charge is 0.490 e. The van der Waals surface area contributed by atoms with Gasteiger partial charge in [-0.1, -0.05) is 31.0 Å². The number of para-hydroxylation sites is 2. The highest BCUT2D eigenvalue weighted by Gasteiger charge is 2.27. The monoisotopic (exact) mass is 446 g/mol. The number of nitrogens with zero attached hydrogens (tertiary/aromatic N) is 1. The van der Waals surface area contributed by atoms with Gasteiger partial charge in [-0.25, -0.2) is 8.42 Å². The molecule has 0 saturated carbocycles. The highest BCUT2D eigenvalue weighted by molar-refractivity contribution is 7.89. The third kappa shape index (κ3) is 5.98. The second kappa shape index (κ2) is 10.6. The zero-order valence-electron chi connectivity index (χ0n) is 18.1. The molecule has 0 aliphatic carbocycles. The van der Waals surface area contributed by atoms with Crippen molar-refractivity contribution in [2.75, 3.05) is 31.6 Å². The van der Waals surface area contributed by atoms with Gasteiger partial charge in [0, 0.05) is 18.8 Å². The molecular formula is C23H30N2O5S. The van der Waals surface area contributed by atoms with Crippen LogP contribution in [0.5, 0.6) is 11.5 Å². The molecule has 1 N–H and O–H groups in total. The van der Waals surface area contributed by atoms with Gasteiger partial charge in [0.1, 0.15) is 0 Å². The number of ether oxygens (including phenoxy) is 2. The van der Waals surface area contributed by atoms with Crippen LogP contribution in [-0.2, 0) is 14.8 Å². The van der Waals surface area contributed by atoms with Gasteiger partial charge in [-0.3, -0.25) is 4.79 Å². The zero-order valence-corrected chi connectivity index (χ0v) is 18.9. The summed E-state index contributed by atoms with van der Waals surface area (Å²) in [6.07, 6.45) is 3.84. The van der Waals surface area contributed by atoms with Crippen molar-refractivity contribution in [3.8, 4) is 11.5 Å². The van der Waals surface area contributed by atoms with Crippen LogP contribution in [0.1, 0.15) is 38.2 Å². The number of anilines is 1. The molecule has 7 nitrogen and oxygen atoms in total. The van der Waals surface area contributed by atoms with Gasteiger partial charge in [0.25, 0.3) is 5.91 Å². The third-order valence-electron chi connectivity index (χ3n) is 5.16. The molecule has 1 saturated heterocycles. The van der Waals surface area contributed by atoms with Crippen LogP contribution >= 0.6 is 0 Å². The molecule has 8 heteroatoms. The van der Waals surface area contributed by atoms with Gasteiger partial charge < -0.3 is 14.8 Å². The minimum atomic E-state index is -3.61. The van der Waals surface area contributed by atoms with Crippen molar-refractivity contribution < 1.29 is 22.7 Å². The Morgan fingerprint density at radius 3 is 2.29 bits per heavy atom. The summed E-state index contributed by atoms with van der Waals surface area (Å²) in [5, 5.41) is 2.73. The van der Waals surface area contributed by atoms with E-state index in [0.717, 1.165) is 25.7 Å². The number of sulfonamides is 1. The van der Waals surface area contributed by atoms with E-state index in [1.54, 1.807) is 41.6 Å². The van der Waals surface area contributed by atoms with E-state index in [4.69, 9.17) is 9.47 Å². The number of carbonyl (C=O) groups excluding carboxylic acids is 1. The number of carbonyl (C=O) groups is 1. The summed E-state index contributed by atoms with van der Waals surface area (Å²) >= 11 is 0. The molecule has 1 aliphatic heterocycles. The van der Waals surface area contributed by atoms with E-state index < -0.39 is 10.0 Å². The van der Waals surface area contributed by atoms with Gasteiger partial charge in [-0.2, -0.15) is 4.31 Å². The lowest BCUT2D eigenvalue weighted by Gasteiger charge is -2.21. The average Bonchev–Trinajstić information content (AvgIpc) is 3.05. The van der Waals surface area contributed by atoms with Crippen molar-refractivity contribution in [1.82, 2.24) is 4.31 Å². The van der Waals surface area contributed by atoms with Crippen LogP contribution in [0.15, 0.2) is 47.4 Å². The van der Waals surface area contributed by atoms with Gasteiger partial charge in [-0.05, 0) is 56.5 Å². The molecule has 2 aromatic rings. The Bertz CT molecular complexity index is 999. The van der Waals surface area contributed by atoms with Crippen molar-refractivity contribution in [3.63, 3.8) is 0 Å². The second-order valence-corrected chi connectivity index (χ2v) is 9.42. The smallest absolute Gasteiger partial charge is 0.262 e. The first-order valence-electron chi connectivity index (χ1n) is 10.7. The van der Waals surface area contributed by atoms with E-state index in [-0.39, 0.29) is 17.4 Å². The lowest BCUT2D eigenvalue weighted by molar-refractivity contribution is -0.118. The highest BCUT2D eigenvalue weighted by Crippen LogP contribution is 2.27. The van der Waals surface area contributed by atoms with Crippen molar-refractivity contribution in [2.24, 2.45) is 0 Å². The topological polar surface area (TPSA) is 84.9 Å². The van der Waals surface area contributed by atoms with E-state index >= 15 is 0 Å². The molecule has 0 bridgehead atoms. The van der Waals surface area contributed by atoms with E-state index in [1.165, 1.54) is 6.07 Å². The summed E-state index contributed by atoms with van der Waals surface area (Å²) in [4.78, 5) is 12.6. The van der Waals surface area contributed by atoms with Crippen LogP contribution in [0.3, 0.4) is 0 Å². The molecule has 0 spiro atoms. The summed E-state index contributed by atoms with van der Waals surface area (Å²) in [6, 6.07) is 12.1. The van der Waals surface area contributed by atoms with Crippen molar-refractivity contribution in [1.29, 1.82) is 0 Å². The Balaban J connectivity index is 1.69.